The summed E-state index contributed by atoms with van der Waals surface area (Å²) in [5.74, 6) is 0.0130. The molecule has 2 unspecified atom stereocenters. The van der Waals surface area contributed by atoms with Crippen LogP contribution in [0.5, 0.6) is 0 Å². The number of ether oxygens (including phenoxy) is 1. The van der Waals surface area contributed by atoms with E-state index in [4.69, 9.17) is 27.9 Å². The van der Waals surface area contributed by atoms with Crippen molar-refractivity contribution in [1.82, 2.24) is 19.9 Å². The minimum Gasteiger partial charge on any atom is -0.378 e. The number of carbonyl (C=O) groups excluding carboxylic acids is 1. The highest BCUT2D eigenvalue weighted by Gasteiger charge is 2.44. The van der Waals surface area contributed by atoms with Gasteiger partial charge >= 0.3 is 0 Å². The number of nitrogens with zero attached hydrogens (tertiary/aromatic N) is 4. The number of amides is 1. The summed E-state index contributed by atoms with van der Waals surface area (Å²) in [5.41, 5.74) is 1.38. The van der Waals surface area contributed by atoms with Gasteiger partial charge in [0.15, 0.2) is 0 Å². The molecule has 0 N–H and O–H groups in total. The Kier molecular flexibility index (Phi) is 4.90. The summed E-state index contributed by atoms with van der Waals surface area (Å²) in [7, 11) is 1.64. The number of methoxy groups -OCH3 is 1. The molecule has 6 nitrogen and oxygen atoms in total. The molecule has 0 radical (unpaired) electrons. The van der Waals surface area contributed by atoms with Crippen molar-refractivity contribution in [3.8, 4) is 0 Å². The number of hydrogen-bond acceptors (Lipinski definition) is 4. The first kappa shape index (κ1) is 17.8. The molecule has 2 atom stereocenters. The quantitative estimate of drug-likeness (QED) is 0.792. The zero-order chi connectivity index (χ0) is 18.3. The Morgan fingerprint density at radius 3 is 2.42 bits per heavy atom. The zero-order valence-electron chi connectivity index (χ0n) is 14.4. The van der Waals surface area contributed by atoms with Crippen LogP contribution in [0.4, 0.5) is 0 Å². The number of rotatable bonds is 4. The van der Waals surface area contributed by atoms with Crippen molar-refractivity contribution in [3.63, 3.8) is 0 Å². The van der Waals surface area contributed by atoms with Gasteiger partial charge < -0.3 is 9.64 Å². The molecule has 2 aromatic rings. The van der Waals surface area contributed by atoms with Crippen molar-refractivity contribution in [2.45, 2.75) is 50.4 Å². The van der Waals surface area contributed by atoms with Crippen molar-refractivity contribution < 1.29 is 9.53 Å². The van der Waals surface area contributed by atoms with Gasteiger partial charge in [0.2, 0.25) is 0 Å². The molecule has 0 spiro atoms. The highest BCUT2D eigenvalue weighted by molar-refractivity contribution is 6.35. The monoisotopic (exact) mass is 394 g/mol. The number of halogens is 2. The molecule has 1 aromatic heterocycles. The van der Waals surface area contributed by atoms with Crippen molar-refractivity contribution in [2.24, 2.45) is 0 Å². The molecule has 26 heavy (non-hydrogen) atoms. The molecule has 0 aliphatic carbocycles. The average molecular weight is 395 g/mol. The molecular formula is C18H20Cl2N4O2. The Balaban J connectivity index is 1.52. The van der Waals surface area contributed by atoms with E-state index in [1.165, 1.54) is 0 Å². The third-order valence-corrected chi connectivity index (χ3v) is 5.71. The second-order valence-electron chi connectivity index (χ2n) is 7.00. The Labute approximate surface area is 162 Å². The maximum atomic E-state index is 13.1. The molecule has 138 valence electrons. The third-order valence-electron chi connectivity index (χ3n) is 5.28. The Bertz CT molecular complexity index is 791. The van der Waals surface area contributed by atoms with Gasteiger partial charge in [-0.1, -0.05) is 28.4 Å². The van der Waals surface area contributed by atoms with Crippen LogP contribution in [0.25, 0.3) is 0 Å². The molecular weight excluding hydrogens is 375 g/mol. The van der Waals surface area contributed by atoms with E-state index in [9.17, 15) is 4.79 Å². The molecule has 3 heterocycles. The minimum absolute atomic E-state index is 0.0130. The molecule has 2 saturated heterocycles. The van der Waals surface area contributed by atoms with E-state index in [0.717, 1.165) is 31.4 Å². The number of benzene rings is 1. The fraction of sp³-hybridized carbons (Fsp3) is 0.500. The van der Waals surface area contributed by atoms with E-state index in [2.05, 4.69) is 10.3 Å². The Hall–Kier alpha value is -1.63. The van der Waals surface area contributed by atoms with E-state index in [0.29, 0.717) is 22.2 Å². The van der Waals surface area contributed by atoms with Gasteiger partial charge in [-0.05, 0) is 43.9 Å². The van der Waals surface area contributed by atoms with Crippen molar-refractivity contribution >= 4 is 29.1 Å². The van der Waals surface area contributed by atoms with Crippen LogP contribution >= 0.6 is 23.2 Å². The minimum atomic E-state index is 0.0130. The molecule has 2 aliphatic rings. The lowest BCUT2D eigenvalue weighted by atomic mass is 9.96. The summed E-state index contributed by atoms with van der Waals surface area (Å²) in [6.07, 6.45) is 5.74. The molecule has 8 heteroatoms. The van der Waals surface area contributed by atoms with Crippen LogP contribution in [-0.4, -0.2) is 45.0 Å². The molecule has 2 fully saturated rings. The lowest BCUT2D eigenvalue weighted by Gasteiger charge is -2.39. The number of fused-ring (bicyclic) bond motifs is 2. The number of carbonyl (C=O) groups is 1. The predicted molar refractivity (Wildman–Crippen MR) is 98.4 cm³/mol. The summed E-state index contributed by atoms with van der Waals surface area (Å²) in [4.78, 5) is 15.1. The summed E-state index contributed by atoms with van der Waals surface area (Å²) < 4.78 is 7.04. The average Bonchev–Trinajstić information content (AvgIpc) is 3.16. The fourth-order valence-corrected chi connectivity index (χ4v) is 4.75. The van der Waals surface area contributed by atoms with Crippen LogP contribution in [0.3, 0.4) is 0 Å². The SMILES string of the molecule is COCc1cn(C2CC3CCC(C2)N3C(=O)c2cc(Cl)cc(Cl)c2)nn1. The number of hydrogen-bond donors (Lipinski definition) is 0. The normalized spacial score (nSPS) is 24.9. The highest BCUT2D eigenvalue weighted by Crippen LogP contribution is 2.41. The summed E-state index contributed by atoms with van der Waals surface area (Å²) in [6, 6.07) is 5.70. The smallest absolute Gasteiger partial charge is 0.254 e. The number of aromatic nitrogens is 3. The van der Waals surface area contributed by atoms with Crippen LogP contribution in [0.1, 0.15) is 47.8 Å². The largest absolute Gasteiger partial charge is 0.378 e. The van der Waals surface area contributed by atoms with Gasteiger partial charge in [0.1, 0.15) is 5.69 Å². The maximum absolute atomic E-state index is 13.1. The molecule has 4 rings (SSSR count). The van der Waals surface area contributed by atoms with E-state index in [-0.39, 0.29) is 24.0 Å². The van der Waals surface area contributed by atoms with Gasteiger partial charge in [0.25, 0.3) is 5.91 Å². The van der Waals surface area contributed by atoms with Crippen LogP contribution in [-0.2, 0) is 11.3 Å². The molecule has 2 aliphatic heterocycles. The third kappa shape index (κ3) is 3.33. The lowest BCUT2D eigenvalue weighted by molar-refractivity contribution is 0.0523. The van der Waals surface area contributed by atoms with Gasteiger partial charge in [-0.2, -0.15) is 0 Å². The standard InChI is InChI=1S/C18H20Cl2N4O2/c1-26-10-14-9-23(22-21-14)17-7-15-2-3-16(8-17)24(15)18(25)11-4-12(19)6-13(20)5-11/h4-6,9,15-17H,2-3,7-8,10H2,1H3. The summed E-state index contributed by atoms with van der Waals surface area (Å²) in [5, 5.41) is 9.37. The van der Waals surface area contributed by atoms with Crippen LogP contribution in [0, 0.1) is 0 Å². The van der Waals surface area contributed by atoms with Crippen LogP contribution in [0.2, 0.25) is 10.0 Å². The summed E-state index contributed by atoms with van der Waals surface area (Å²) in [6.45, 7) is 0.458. The fourth-order valence-electron chi connectivity index (χ4n) is 4.23. The van der Waals surface area contributed by atoms with Gasteiger partial charge in [0, 0.05) is 34.8 Å². The molecule has 1 aromatic carbocycles. The van der Waals surface area contributed by atoms with E-state index in [1.54, 1.807) is 25.3 Å². The van der Waals surface area contributed by atoms with Gasteiger partial charge in [-0.25, -0.2) is 4.68 Å². The highest BCUT2D eigenvalue weighted by atomic mass is 35.5. The first-order valence-electron chi connectivity index (χ1n) is 8.73. The van der Waals surface area contributed by atoms with Crippen molar-refractivity contribution in [1.29, 1.82) is 0 Å². The van der Waals surface area contributed by atoms with Crippen LogP contribution in [0.15, 0.2) is 24.4 Å². The van der Waals surface area contributed by atoms with Crippen LogP contribution < -0.4 is 0 Å². The molecule has 1 amide bonds. The van der Waals surface area contributed by atoms with Gasteiger partial charge in [-0.3, -0.25) is 4.79 Å². The van der Waals surface area contributed by atoms with Crippen molar-refractivity contribution in [3.05, 3.63) is 45.7 Å². The second-order valence-corrected chi connectivity index (χ2v) is 7.88. The predicted octanol–water partition coefficient (Wildman–Crippen LogP) is 3.74. The van der Waals surface area contributed by atoms with E-state index >= 15 is 0 Å². The molecule has 2 bridgehead atoms. The first-order valence-corrected chi connectivity index (χ1v) is 9.49. The van der Waals surface area contributed by atoms with Gasteiger partial charge in [0.05, 0.1) is 18.8 Å². The van der Waals surface area contributed by atoms with Gasteiger partial charge in [-0.15, -0.1) is 5.10 Å². The molecule has 0 saturated carbocycles. The zero-order valence-corrected chi connectivity index (χ0v) is 16.0. The lowest BCUT2D eigenvalue weighted by Crippen LogP contribution is -2.47. The Morgan fingerprint density at radius 2 is 1.81 bits per heavy atom. The first-order chi connectivity index (χ1) is 12.5. The second kappa shape index (κ2) is 7.18. The topological polar surface area (TPSA) is 60.2 Å². The Morgan fingerprint density at radius 1 is 1.15 bits per heavy atom. The number of piperidine rings is 1. The summed E-state index contributed by atoms with van der Waals surface area (Å²) >= 11 is 12.1. The van der Waals surface area contributed by atoms with E-state index < -0.39 is 0 Å². The van der Waals surface area contributed by atoms with E-state index in [1.807, 2.05) is 15.8 Å². The van der Waals surface area contributed by atoms with Crippen molar-refractivity contribution in [2.75, 3.05) is 7.11 Å². The maximum Gasteiger partial charge on any atom is 0.254 e.